The van der Waals surface area contributed by atoms with Crippen LogP contribution < -0.4 is 0 Å². The molecule has 0 N–H and O–H groups in total. The highest BCUT2D eigenvalue weighted by Gasteiger charge is 2.30. The summed E-state index contributed by atoms with van der Waals surface area (Å²) in [5, 5.41) is 0. The van der Waals surface area contributed by atoms with E-state index in [9.17, 15) is 4.79 Å². The van der Waals surface area contributed by atoms with Crippen LogP contribution in [0.3, 0.4) is 0 Å². The fourth-order valence-electron chi connectivity index (χ4n) is 2.03. The highest BCUT2D eigenvalue weighted by atomic mass is 16.5. The molecule has 0 spiro atoms. The van der Waals surface area contributed by atoms with E-state index in [4.69, 9.17) is 4.74 Å². The van der Waals surface area contributed by atoms with Crippen molar-refractivity contribution in [2.24, 2.45) is 0 Å². The molecule has 0 aromatic heterocycles. The second-order valence-electron chi connectivity index (χ2n) is 4.60. The first kappa shape index (κ1) is 12.4. The second-order valence-corrected chi connectivity index (χ2v) is 4.60. The van der Waals surface area contributed by atoms with Crippen LogP contribution in [-0.2, 0) is 9.53 Å². The number of allylic oxidation sites excluding steroid dienone is 1. The minimum absolute atomic E-state index is 0.172. The summed E-state index contributed by atoms with van der Waals surface area (Å²) in [6, 6.07) is 0. The van der Waals surface area contributed by atoms with Gasteiger partial charge >= 0.3 is 0 Å². The average Bonchev–Trinajstić information content (AvgIpc) is 2.44. The quantitative estimate of drug-likeness (QED) is 0.712. The highest BCUT2D eigenvalue weighted by molar-refractivity contribution is 6.01. The molecule has 0 amide bonds. The molecule has 0 atom stereocenters. The number of carbonyl (C=O) groups excluding carboxylic acids is 1. The van der Waals surface area contributed by atoms with Crippen LogP contribution in [0, 0.1) is 0 Å². The second kappa shape index (κ2) is 5.45. The summed E-state index contributed by atoms with van der Waals surface area (Å²) in [6.45, 7) is 6.25. The smallest absolute Gasteiger partial charge is 0.189 e. The topological polar surface area (TPSA) is 26.3 Å². The Morgan fingerprint density at radius 1 is 1.40 bits per heavy atom. The third-order valence-electron chi connectivity index (χ3n) is 2.88. The van der Waals surface area contributed by atoms with Crippen LogP contribution in [0.1, 0.15) is 52.9 Å². The number of Topliss-reactive ketones (excluding diaryl/α,β-unsaturated/α-hetero) is 1. The van der Waals surface area contributed by atoms with Crippen molar-refractivity contribution in [2.75, 3.05) is 6.61 Å². The van der Waals surface area contributed by atoms with E-state index in [1.54, 1.807) is 0 Å². The Morgan fingerprint density at radius 3 is 2.80 bits per heavy atom. The molecule has 0 saturated heterocycles. The Hall–Kier alpha value is -0.630. The molecular weight excluding hydrogens is 188 g/mol. The van der Waals surface area contributed by atoms with Gasteiger partial charge in [-0.05, 0) is 52.0 Å². The molecule has 1 aliphatic carbocycles. The van der Waals surface area contributed by atoms with Gasteiger partial charge in [-0.15, -0.1) is 0 Å². The average molecular weight is 210 g/mol. The van der Waals surface area contributed by atoms with E-state index >= 15 is 0 Å². The zero-order chi connectivity index (χ0) is 11.3. The Bertz CT molecular complexity index is 251. The first-order valence-corrected chi connectivity index (χ1v) is 5.95. The lowest BCUT2D eigenvalue weighted by Gasteiger charge is -2.24. The lowest BCUT2D eigenvalue weighted by molar-refractivity contribution is -0.135. The minimum atomic E-state index is -0.648. The zero-order valence-electron chi connectivity index (χ0n) is 10.1. The molecule has 0 aromatic rings. The van der Waals surface area contributed by atoms with E-state index in [-0.39, 0.29) is 5.78 Å². The predicted octanol–water partition coefficient (Wildman–Crippen LogP) is 3.26. The van der Waals surface area contributed by atoms with Crippen LogP contribution in [0.4, 0.5) is 0 Å². The Morgan fingerprint density at radius 2 is 2.13 bits per heavy atom. The van der Waals surface area contributed by atoms with Crippen LogP contribution in [0.25, 0.3) is 0 Å². The highest BCUT2D eigenvalue weighted by Crippen LogP contribution is 2.23. The molecule has 86 valence electrons. The largest absolute Gasteiger partial charge is 0.368 e. The number of ketones is 1. The van der Waals surface area contributed by atoms with Gasteiger partial charge in [-0.1, -0.05) is 12.5 Å². The van der Waals surface area contributed by atoms with Crippen molar-refractivity contribution in [1.82, 2.24) is 0 Å². The van der Waals surface area contributed by atoms with Crippen molar-refractivity contribution in [3.8, 4) is 0 Å². The maximum Gasteiger partial charge on any atom is 0.189 e. The fraction of sp³-hybridized carbons (Fsp3) is 0.769. The van der Waals surface area contributed by atoms with Gasteiger partial charge in [-0.25, -0.2) is 0 Å². The molecule has 0 fully saturated rings. The van der Waals surface area contributed by atoms with Gasteiger partial charge in [0.25, 0.3) is 0 Å². The molecule has 1 aliphatic rings. The summed E-state index contributed by atoms with van der Waals surface area (Å²) < 4.78 is 5.49. The molecule has 0 saturated carbocycles. The Labute approximate surface area is 92.7 Å². The van der Waals surface area contributed by atoms with Crippen molar-refractivity contribution >= 4 is 5.78 Å². The summed E-state index contributed by atoms with van der Waals surface area (Å²) in [4.78, 5) is 12.2. The Kier molecular flexibility index (Phi) is 4.52. The molecule has 2 heteroatoms. The molecule has 2 nitrogen and oxygen atoms in total. The van der Waals surface area contributed by atoms with Crippen LogP contribution in [-0.4, -0.2) is 18.0 Å². The van der Waals surface area contributed by atoms with E-state index < -0.39 is 5.60 Å². The van der Waals surface area contributed by atoms with Gasteiger partial charge in [0.15, 0.2) is 5.78 Å². The first-order valence-electron chi connectivity index (χ1n) is 5.95. The maximum absolute atomic E-state index is 12.2. The fourth-order valence-corrected chi connectivity index (χ4v) is 2.03. The van der Waals surface area contributed by atoms with Crippen LogP contribution in [0.15, 0.2) is 11.6 Å². The number of carbonyl (C=O) groups is 1. The number of rotatable bonds is 4. The molecule has 0 aromatic carbocycles. The van der Waals surface area contributed by atoms with Crippen molar-refractivity contribution in [2.45, 2.75) is 58.5 Å². The Balaban J connectivity index is 2.69. The van der Waals surface area contributed by atoms with Crippen LogP contribution in [0.5, 0.6) is 0 Å². The van der Waals surface area contributed by atoms with E-state index in [0.717, 1.165) is 24.8 Å². The predicted molar refractivity (Wildman–Crippen MR) is 61.9 cm³/mol. The summed E-state index contributed by atoms with van der Waals surface area (Å²) >= 11 is 0. The summed E-state index contributed by atoms with van der Waals surface area (Å²) in [6.07, 6.45) is 7.67. The molecule has 0 unspecified atom stereocenters. The molecular formula is C13H22O2. The van der Waals surface area contributed by atoms with Crippen molar-refractivity contribution in [3.63, 3.8) is 0 Å². The minimum Gasteiger partial charge on any atom is -0.368 e. The van der Waals surface area contributed by atoms with Crippen molar-refractivity contribution in [1.29, 1.82) is 0 Å². The number of hydrogen-bond acceptors (Lipinski definition) is 2. The van der Waals surface area contributed by atoms with Gasteiger partial charge in [-0.3, -0.25) is 4.79 Å². The normalized spacial score (nSPS) is 18.2. The van der Waals surface area contributed by atoms with Crippen molar-refractivity contribution < 1.29 is 9.53 Å². The SMILES string of the molecule is CCOC(C)(C)C(=O)C1=CCCCCC1. The lowest BCUT2D eigenvalue weighted by Crippen LogP contribution is -2.36. The van der Waals surface area contributed by atoms with Crippen LogP contribution >= 0.6 is 0 Å². The van der Waals surface area contributed by atoms with Gasteiger partial charge in [0, 0.05) is 6.61 Å². The molecule has 15 heavy (non-hydrogen) atoms. The molecule has 0 heterocycles. The van der Waals surface area contributed by atoms with Gasteiger partial charge < -0.3 is 4.74 Å². The van der Waals surface area contributed by atoms with Crippen molar-refractivity contribution in [3.05, 3.63) is 11.6 Å². The van der Waals surface area contributed by atoms with Crippen LogP contribution in [0.2, 0.25) is 0 Å². The molecule has 0 aliphatic heterocycles. The monoisotopic (exact) mass is 210 g/mol. The van der Waals surface area contributed by atoms with E-state index in [1.807, 2.05) is 20.8 Å². The number of hydrogen-bond donors (Lipinski definition) is 0. The summed E-state index contributed by atoms with van der Waals surface area (Å²) in [5.41, 5.74) is 0.330. The van der Waals surface area contributed by atoms with Gasteiger partial charge in [-0.2, -0.15) is 0 Å². The van der Waals surface area contributed by atoms with Gasteiger partial charge in [0.1, 0.15) is 5.60 Å². The van der Waals surface area contributed by atoms with Gasteiger partial charge in [0.2, 0.25) is 0 Å². The summed E-state index contributed by atoms with van der Waals surface area (Å²) in [7, 11) is 0. The third-order valence-corrected chi connectivity index (χ3v) is 2.88. The van der Waals surface area contributed by atoms with E-state index in [1.165, 1.54) is 12.8 Å². The summed E-state index contributed by atoms with van der Waals surface area (Å²) in [5.74, 6) is 0.172. The number of ether oxygens (including phenoxy) is 1. The maximum atomic E-state index is 12.2. The molecule has 0 radical (unpaired) electrons. The van der Waals surface area contributed by atoms with E-state index in [2.05, 4.69) is 6.08 Å². The zero-order valence-corrected chi connectivity index (χ0v) is 10.1. The van der Waals surface area contributed by atoms with E-state index in [0.29, 0.717) is 6.61 Å². The molecule has 1 rings (SSSR count). The first-order chi connectivity index (χ1) is 7.08. The van der Waals surface area contributed by atoms with Gasteiger partial charge in [0.05, 0.1) is 0 Å². The third kappa shape index (κ3) is 3.45. The molecule has 0 bridgehead atoms. The lowest BCUT2D eigenvalue weighted by atomic mass is 9.93. The standard InChI is InChI=1S/C13H22O2/c1-4-15-13(2,3)12(14)11-9-7-5-6-8-10-11/h9H,4-8,10H2,1-3H3.